The van der Waals surface area contributed by atoms with Gasteiger partial charge in [-0.05, 0) is 77.7 Å². The first kappa shape index (κ1) is 13.9. The summed E-state index contributed by atoms with van der Waals surface area (Å²) < 4.78 is 5.38. The molecule has 1 N–H and O–H groups in total. The molecule has 0 spiro atoms. The van der Waals surface area contributed by atoms with Crippen LogP contribution in [0.4, 0.5) is 0 Å². The Morgan fingerprint density at radius 2 is 1.72 bits per heavy atom. The molecule has 2 rings (SSSR count). The molecule has 1 atom stereocenters. The van der Waals surface area contributed by atoms with E-state index in [1.165, 1.54) is 25.7 Å². The van der Waals surface area contributed by atoms with Crippen LogP contribution in [0.25, 0.3) is 0 Å². The van der Waals surface area contributed by atoms with Gasteiger partial charge >= 0.3 is 5.97 Å². The molecule has 0 saturated heterocycles. The highest BCUT2D eigenvalue weighted by Gasteiger charge is 2.41. The Morgan fingerprint density at radius 1 is 1.22 bits per heavy atom. The van der Waals surface area contributed by atoms with Crippen molar-refractivity contribution in [1.82, 2.24) is 5.32 Å². The number of carbonyl (C=O) groups excluding carboxylic acids is 1. The third-order valence-corrected chi connectivity index (χ3v) is 3.88. The zero-order chi connectivity index (χ0) is 13.3. The molecule has 18 heavy (non-hydrogen) atoms. The molecule has 0 bridgehead atoms. The minimum atomic E-state index is -0.389. The summed E-state index contributed by atoms with van der Waals surface area (Å²) in [5.41, 5.74) is -0.389. The lowest BCUT2D eigenvalue weighted by Crippen LogP contribution is -2.41. The maximum Gasteiger partial charge on any atom is 0.323 e. The lowest BCUT2D eigenvalue weighted by atomic mass is 9.97. The maximum absolute atomic E-state index is 11.9. The van der Waals surface area contributed by atoms with Crippen molar-refractivity contribution in [2.24, 2.45) is 17.8 Å². The van der Waals surface area contributed by atoms with E-state index in [2.05, 4.69) is 5.32 Å². The fraction of sp³-hybridized carbons (Fsp3) is 0.933. The van der Waals surface area contributed by atoms with E-state index in [1.54, 1.807) is 0 Å². The normalized spacial score (nSPS) is 22.1. The number of hydrogen-bond acceptors (Lipinski definition) is 3. The third-order valence-electron chi connectivity index (χ3n) is 3.88. The third kappa shape index (κ3) is 4.27. The van der Waals surface area contributed by atoms with Crippen molar-refractivity contribution in [3.8, 4) is 0 Å². The molecule has 0 aromatic rings. The van der Waals surface area contributed by atoms with Gasteiger partial charge in [-0.15, -0.1) is 0 Å². The lowest BCUT2D eigenvalue weighted by molar-refractivity contribution is -0.157. The number of nitrogens with one attached hydrogen (secondary N) is 1. The second-order valence-electron chi connectivity index (χ2n) is 7.00. The van der Waals surface area contributed by atoms with Crippen LogP contribution in [0.5, 0.6) is 0 Å². The van der Waals surface area contributed by atoms with Crippen molar-refractivity contribution >= 4 is 5.97 Å². The highest BCUT2D eigenvalue weighted by atomic mass is 16.6. The van der Waals surface area contributed by atoms with Gasteiger partial charge in [-0.3, -0.25) is 4.79 Å². The Hall–Kier alpha value is -0.570. The molecular weight excluding hydrogens is 226 g/mol. The van der Waals surface area contributed by atoms with Gasteiger partial charge in [0.2, 0.25) is 0 Å². The molecule has 0 aliphatic heterocycles. The van der Waals surface area contributed by atoms with E-state index >= 15 is 0 Å². The second-order valence-corrected chi connectivity index (χ2v) is 7.00. The van der Waals surface area contributed by atoms with E-state index in [4.69, 9.17) is 4.74 Å². The standard InChI is InChI=1S/C15H27NO2/c1-10(14(17)18-15(2,3)4)16-9-13(11-5-6-11)12-7-8-12/h10-13,16H,5-9H2,1-4H3. The van der Waals surface area contributed by atoms with E-state index in [-0.39, 0.29) is 17.6 Å². The highest BCUT2D eigenvalue weighted by Crippen LogP contribution is 2.48. The smallest absolute Gasteiger partial charge is 0.323 e. The molecule has 2 aliphatic carbocycles. The second kappa shape index (κ2) is 5.20. The largest absolute Gasteiger partial charge is 0.459 e. The van der Waals surface area contributed by atoms with Crippen molar-refractivity contribution in [2.75, 3.05) is 6.54 Å². The van der Waals surface area contributed by atoms with Gasteiger partial charge < -0.3 is 10.1 Å². The summed E-state index contributed by atoms with van der Waals surface area (Å²) in [4.78, 5) is 11.9. The highest BCUT2D eigenvalue weighted by molar-refractivity contribution is 5.75. The Bertz CT molecular complexity index is 288. The van der Waals surface area contributed by atoms with Crippen LogP contribution >= 0.6 is 0 Å². The first-order valence-electron chi connectivity index (χ1n) is 7.33. The monoisotopic (exact) mass is 253 g/mol. The Morgan fingerprint density at radius 3 is 2.11 bits per heavy atom. The maximum atomic E-state index is 11.9. The van der Waals surface area contributed by atoms with Gasteiger partial charge in [-0.2, -0.15) is 0 Å². The van der Waals surface area contributed by atoms with Crippen LogP contribution in [-0.4, -0.2) is 24.2 Å². The van der Waals surface area contributed by atoms with Crippen molar-refractivity contribution in [3.63, 3.8) is 0 Å². The minimum Gasteiger partial charge on any atom is -0.459 e. The molecule has 2 saturated carbocycles. The summed E-state index contributed by atoms with van der Waals surface area (Å²) in [6.45, 7) is 8.62. The molecule has 0 aromatic heterocycles. The van der Waals surface area contributed by atoms with Gasteiger partial charge in [-0.25, -0.2) is 0 Å². The summed E-state index contributed by atoms with van der Waals surface area (Å²) >= 11 is 0. The summed E-state index contributed by atoms with van der Waals surface area (Å²) in [5.74, 6) is 2.52. The van der Waals surface area contributed by atoms with Gasteiger partial charge in [0.25, 0.3) is 0 Å². The molecular formula is C15H27NO2. The summed E-state index contributed by atoms with van der Waals surface area (Å²) in [7, 11) is 0. The van der Waals surface area contributed by atoms with Crippen LogP contribution in [0, 0.1) is 17.8 Å². The Kier molecular flexibility index (Phi) is 4.00. The zero-order valence-corrected chi connectivity index (χ0v) is 12.2. The van der Waals surface area contributed by atoms with Crippen LogP contribution in [0.1, 0.15) is 53.4 Å². The van der Waals surface area contributed by atoms with Crippen LogP contribution in [-0.2, 0) is 9.53 Å². The molecule has 1 unspecified atom stereocenters. The van der Waals surface area contributed by atoms with E-state index < -0.39 is 0 Å². The molecule has 0 heterocycles. The number of ether oxygens (including phenoxy) is 1. The summed E-state index contributed by atoms with van der Waals surface area (Å²) in [6.07, 6.45) is 5.57. The van der Waals surface area contributed by atoms with Crippen LogP contribution < -0.4 is 5.32 Å². The Labute approximate surface area is 111 Å². The Balaban J connectivity index is 1.72. The predicted octanol–water partition coefficient (Wildman–Crippen LogP) is 2.74. The van der Waals surface area contributed by atoms with Gasteiger partial charge in [0.15, 0.2) is 0 Å². The van der Waals surface area contributed by atoms with Gasteiger partial charge in [0, 0.05) is 0 Å². The zero-order valence-electron chi connectivity index (χ0n) is 12.2. The fourth-order valence-corrected chi connectivity index (χ4v) is 2.55. The molecule has 3 nitrogen and oxygen atoms in total. The molecule has 2 aliphatic rings. The average Bonchev–Trinajstić information content (AvgIpc) is 3.10. The van der Waals surface area contributed by atoms with E-state index in [0.717, 1.165) is 24.3 Å². The number of hydrogen-bond donors (Lipinski definition) is 1. The van der Waals surface area contributed by atoms with Crippen molar-refractivity contribution < 1.29 is 9.53 Å². The summed E-state index contributed by atoms with van der Waals surface area (Å²) in [5, 5.41) is 3.37. The number of carbonyl (C=O) groups is 1. The van der Waals surface area contributed by atoms with Crippen molar-refractivity contribution in [1.29, 1.82) is 0 Å². The predicted molar refractivity (Wildman–Crippen MR) is 72.2 cm³/mol. The first-order valence-corrected chi connectivity index (χ1v) is 7.33. The first-order chi connectivity index (χ1) is 8.37. The molecule has 0 amide bonds. The van der Waals surface area contributed by atoms with E-state index in [1.807, 2.05) is 27.7 Å². The molecule has 3 heteroatoms. The van der Waals surface area contributed by atoms with Crippen LogP contribution in [0.15, 0.2) is 0 Å². The topological polar surface area (TPSA) is 38.3 Å². The fourth-order valence-electron chi connectivity index (χ4n) is 2.55. The lowest BCUT2D eigenvalue weighted by Gasteiger charge is -2.24. The SMILES string of the molecule is CC(NCC(C1CC1)C1CC1)C(=O)OC(C)(C)C. The molecule has 0 aromatic carbocycles. The quantitative estimate of drug-likeness (QED) is 0.740. The van der Waals surface area contributed by atoms with Crippen LogP contribution in [0.2, 0.25) is 0 Å². The number of rotatable bonds is 6. The van der Waals surface area contributed by atoms with Gasteiger partial charge in [-0.1, -0.05) is 0 Å². The molecule has 104 valence electrons. The average molecular weight is 253 g/mol. The van der Waals surface area contributed by atoms with E-state index in [9.17, 15) is 4.79 Å². The molecule has 2 fully saturated rings. The van der Waals surface area contributed by atoms with Crippen molar-refractivity contribution in [3.05, 3.63) is 0 Å². The summed E-state index contributed by atoms with van der Waals surface area (Å²) in [6, 6.07) is -0.191. The number of esters is 1. The minimum absolute atomic E-state index is 0.132. The van der Waals surface area contributed by atoms with Gasteiger partial charge in [0.1, 0.15) is 11.6 Å². The van der Waals surface area contributed by atoms with Crippen LogP contribution in [0.3, 0.4) is 0 Å². The van der Waals surface area contributed by atoms with E-state index in [0.29, 0.717) is 0 Å². The molecule has 0 radical (unpaired) electrons. The van der Waals surface area contributed by atoms with Crippen molar-refractivity contribution in [2.45, 2.75) is 65.0 Å². The van der Waals surface area contributed by atoms with Gasteiger partial charge in [0.05, 0.1) is 0 Å².